The first-order chi connectivity index (χ1) is 9.31. The predicted molar refractivity (Wildman–Crippen MR) is 71.7 cm³/mol. The molecule has 5 nitrogen and oxygen atoms in total. The Balaban J connectivity index is 1.44. The van der Waals surface area contributed by atoms with Crippen LogP contribution >= 0.6 is 0 Å². The second-order valence-electron chi connectivity index (χ2n) is 4.91. The smallest absolute Gasteiger partial charge is 0.233 e. The van der Waals surface area contributed by atoms with Crippen LogP contribution < -0.4 is 10.6 Å². The molecule has 0 aliphatic heterocycles. The van der Waals surface area contributed by atoms with Crippen LogP contribution in [-0.2, 0) is 11.2 Å². The number of rotatable bonds is 6. The second-order valence-corrected chi connectivity index (χ2v) is 4.91. The van der Waals surface area contributed by atoms with Crippen molar-refractivity contribution in [3.63, 3.8) is 0 Å². The van der Waals surface area contributed by atoms with Crippen molar-refractivity contribution in [2.24, 2.45) is 0 Å². The number of nitrogens with one attached hydrogen (secondary N) is 2. The maximum atomic E-state index is 11.5. The zero-order chi connectivity index (χ0) is 13.1. The van der Waals surface area contributed by atoms with Gasteiger partial charge < -0.3 is 15.1 Å². The van der Waals surface area contributed by atoms with Gasteiger partial charge >= 0.3 is 0 Å². The Labute approximate surface area is 111 Å². The van der Waals surface area contributed by atoms with E-state index in [9.17, 15) is 4.79 Å². The quantitative estimate of drug-likeness (QED) is 0.819. The van der Waals surface area contributed by atoms with Crippen molar-refractivity contribution in [3.05, 3.63) is 30.2 Å². The molecular weight excluding hydrogens is 242 g/mol. The molecule has 1 aromatic heterocycles. The van der Waals surface area contributed by atoms with Gasteiger partial charge in [-0.15, -0.1) is 0 Å². The predicted octanol–water partition coefficient (Wildman–Crippen LogP) is 1.24. The van der Waals surface area contributed by atoms with Gasteiger partial charge in [-0.05, 0) is 37.0 Å². The molecule has 1 saturated carbocycles. The molecule has 0 unspecified atom stereocenters. The van der Waals surface area contributed by atoms with Gasteiger partial charge in [0, 0.05) is 12.6 Å². The summed E-state index contributed by atoms with van der Waals surface area (Å²) in [5, 5.41) is 6.10. The molecule has 1 fully saturated rings. The van der Waals surface area contributed by atoms with Crippen molar-refractivity contribution in [2.45, 2.75) is 25.3 Å². The van der Waals surface area contributed by atoms with E-state index in [2.05, 4.69) is 15.6 Å². The summed E-state index contributed by atoms with van der Waals surface area (Å²) in [5.41, 5.74) is 2.79. The van der Waals surface area contributed by atoms with E-state index >= 15 is 0 Å². The first-order valence-corrected chi connectivity index (χ1v) is 6.63. The molecule has 19 heavy (non-hydrogen) atoms. The van der Waals surface area contributed by atoms with Gasteiger partial charge in [0.1, 0.15) is 5.52 Å². The highest BCUT2D eigenvalue weighted by atomic mass is 16.3. The molecule has 5 heteroatoms. The minimum absolute atomic E-state index is 0.0626. The molecule has 0 saturated heterocycles. The van der Waals surface area contributed by atoms with E-state index in [4.69, 9.17) is 4.42 Å². The van der Waals surface area contributed by atoms with Crippen LogP contribution in [0.1, 0.15) is 18.4 Å². The van der Waals surface area contributed by atoms with Crippen LogP contribution in [0.5, 0.6) is 0 Å². The van der Waals surface area contributed by atoms with Crippen molar-refractivity contribution in [3.8, 4) is 0 Å². The van der Waals surface area contributed by atoms with Crippen molar-refractivity contribution >= 4 is 17.0 Å². The minimum atomic E-state index is 0.0626. The zero-order valence-electron chi connectivity index (χ0n) is 10.7. The number of benzene rings is 1. The molecule has 0 radical (unpaired) electrons. The molecule has 0 bridgehead atoms. The van der Waals surface area contributed by atoms with Crippen LogP contribution in [0.3, 0.4) is 0 Å². The van der Waals surface area contributed by atoms with Crippen molar-refractivity contribution in [1.82, 2.24) is 15.6 Å². The van der Waals surface area contributed by atoms with Gasteiger partial charge in [0.05, 0.1) is 6.54 Å². The molecule has 1 aliphatic rings. The molecule has 0 spiro atoms. The summed E-state index contributed by atoms with van der Waals surface area (Å²) in [6.07, 6.45) is 4.64. The fraction of sp³-hybridized carbons (Fsp3) is 0.429. The van der Waals surface area contributed by atoms with Crippen molar-refractivity contribution in [2.75, 3.05) is 13.1 Å². The van der Waals surface area contributed by atoms with Crippen LogP contribution in [-0.4, -0.2) is 30.0 Å². The number of aromatic nitrogens is 1. The van der Waals surface area contributed by atoms with E-state index in [0.29, 0.717) is 19.1 Å². The zero-order valence-corrected chi connectivity index (χ0v) is 10.7. The van der Waals surface area contributed by atoms with E-state index < -0.39 is 0 Å². The van der Waals surface area contributed by atoms with Gasteiger partial charge in [-0.1, -0.05) is 6.07 Å². The molecule has 2 aromatic rings. The highest BCUT2D eigenvalue weighted by Crippen LogP contribution is 2.18. The van der Waals surface area contributed by atoms with Gasteiger partial charge in [0.15, 0.2) is 12.0 Å². The Bertz CT molecular complexity index is 575. The van der Waals surface area contributed by atoms with Crippen LogP contribution in [0.2, 0.25) is 0 Å². The van der Waals surface area contributed by atoms with Crippen LogP contribution in [0, 0.1) is 0 Å². The molecule has 100 valence electrons. The molecule has 1 amide bonds. The molecular formula is C14H17N3O2. The number of oxazole rings is 1. The average Bonchev–Trinajstić information content (AvgIpc) is 3.13. The van der Waals surface area contributed by atoms with Crippen LogP contribution in [0.25, 0.3) is 11.1 Å². The summed E-state index contributed by atoms with van der Waals surface area (Å²) >= 11 is 0. The Hall–Kier alpha value is -1.88. The summed E-state index contributed by atoms with van der Waals surface area (Å²) in [5.74, 6) is 0.0626. The Morgan fingerprint density at radius 3 is 3.16 bits per heavy atom. The number of hydrogen-bond acceptors (Lipinski definition) is 4. The Morgan fingerprint density at radius 2 is 2.32 bits per heavy atom. The summed E-state index contributed by atoms with van der Waals surface area (Å²) < 4.78 is 5.25. The van der Waals surface area contributed by atoms with E-state index in [-0.39, 0.29) is 5.91 Å². The largest absolute Gasteiger partial charge is 0.443 e. The monoisotopic (exact) mass is 259 g/mol. The Morgan fingerprint density at radius 1 is 1.42 bits per heavy atom. The fourth-order valence-corrected chi connectivity index (χ4v) is 1.99. The maximum absolute atomic E-state index is 11.5. The van der Waals surface area contributed by atoms with Crippen molar-refractivity contribution < 1.29 is 9.21 Å². The van der Waals surface area contributed by atoms with Crippen molar-refractivity contribution in [1.29, 1.82) is 0 Å². The van der Waals surface area contributed by atoms with Gasteiger partial charge in [-0.2, -0.15) is 0 Å². The molecule has 1 heterocycles. The van der Waals surface area contributed by atoms with Gasteiger partial charge in [0.2, 0.25) is 5.91 Å². The number of nitrogens with zero attached hydrogens (tertiary/aromatic N) is 1. The van der Waals surface area contributed by atoms with E-state index in [1.54, 1.807) is 0 Å². The normalized spacial score (nSPS) is 14.7. The number of carbonyl (C=O) groups excluding carboxylic acids is 1. The number of fused-ring (bicyclic) bond motifs is 1. The topological polar surface area (TPSA) is 67.2 Å². The van der Waals surface area contributed by atoms with E-state index in [1.807, 2.05) is 18.2 Å². The van der Waals surface area contributed by atoms with Gasteiger partial charge in [0.25, 0.3) is 0 Å². The summed E-state index contributed by atoms with van der Waals surface area (Å²) in [6.45, 7) is 1.07. The van der Waals surface area contributed by atoms with E-state index in [0.717, 1.165) is 23.1 Å². The number of amides is 1. The molecule has 1 aromatic carbocycles. The van der Waals surface area contributed by atoms with Gasteiger partial charge in [-0.3, -0.25) is 4.79 Å². The molecule has 2 N–H and O–H groups in total. The maximum Gasteiger partial charge on any atom is 0.233 e. The highest BCUT2D eigenvalue weighted by molar-refractivity contribution is 5.78. The molecule has 0 atom stereocenters. The van der Waals surface area contributed by atoms with Crippen LogP contribution in [0.4, 0.5) is 0 Å². The Kier molecular flexibility index (Phi) is 3.46. The summed E-state index contributed by atoms with van der Waals surface area (Å²) in [4.78, 5) is 15.6. The minimum Gasteiger partial charge on any atom is -0.443 e. The lowest BCUT2D eigenvalue weighted by Gasteiger charge is -2.06. The standard InChI is InChI=1S/C14H17N3O2/c18-14(8-16-11-2-3-11)15-6-5-10-1-4-12-13(7-10)19-9-17-12/h1,4,7,9,11,16H,2-3,5-6,8H2,(H,15,18). The number of carbonyl (C=O) groups is 1. The summed E-state index contributed by atoms with van der Waals surface area (Å²) in [7, 11) is 0. The SMILES string of the molecule is O=C(CNC1CC1)NCCc1ccc2ncoc2c1. The average molecular weight is 259 g/mol. The lowest BCUT2D eigenvalue weighted by molar-refractivity contribution is -0.120. The third kappa shape index (κ3) is 3.32. The van der Waals surface area contributed by atoms with Gasteiger partial charge in [-0.25, -0.2) is 4.98 Å². The molecule has 1 aliphatic carbocycles. The first kappa shape index (κ1) is 12.2. The van der Waals surface area contributed by atoms with Crippen LogP contribution in [0.15, 0.2) is 29.0 Å². The lowest BCUT2D eigenvalue weighted by Crippen LogP contribution is -2.35. The van der Waals surface area contributed by atoms with E-state index in [1.165, 1.54) is 19.2 Å². The third-order valence-corrected chi connectivity index (χ3v) is 3.26. The summed E-state index contributed by atoms with van der Waals surface area (Å²) in [6, 6.07) is 6.49. The molecule has 3 rings (SSSR count). The first-order valence-electron chi connectivity index (χ1n) is 6.63. The number of hydrogen-bond donors (Lipinski definition) is 2. The highest BCUT2D eigenvalue weighted by Gasteiger charge is 2.20. The lowest BCUT2D eigenvalue weighted by atomic mass is 10.1. The second kappa shape index (κ2) is 5.40. The third-order valence-electron chi connectivity index (χ3n) is 3.26. The fourth-order valence-electron chi connectivity index (χ4n) is 1.99.